The van der Waals surface area contributed by atoms with Crippen LogP contribution in [0.1, 0.15) is 63.1 Å². The average Bonchev–Trinajstić information content (AvgIpc) is 2.81. The number of halogens is 1. The molecular weight excluding hydrogens is 520 g/mol. The van der Waals surface area contributed by atoms with Crippen molar-refractivity contribution in [3.05, 3.63) is 39.5 Å². The van der Waals surface area contributed by atoms with Crippen LogP contribution in [0.15, 0.2) is 22.8 Å². The Morgan fingerprint density at radius 3 is 2.57 bits per heavy atom. The molecule has 1 aliphatic rings. The van der Waals surface area contributed by atoms with Gasteiger partial charge in [0, 0.05) is 28.0 Å². The van der Waals surface area contributed by atoms with Crippen LogP contribution in [-0.2, 0) is 11.0 Å². The zero-order valence-electron chi connectivity index (χ0n) is 21.5. The Morgan fingerprint density at radius 1 is 1.20 bits per heavy atom. The summed E-state index contributed by atoms with van der Waals surface area (Å²) in [6.07, 6.45) is 5.85. The molecule has 0 bridgehead atoms. The summed E-state index contributed by atoms with van der Waals surface area (Å²) in [5.41, 5.74) is 3.07. The van der Waals surface area contributed by atoms with E-state index in [0.29, 0.717) is 18.1 Å². The van der Waals surface area contributed by atoms with E-state index in [2.05, 4.69) is 77.6 Å². The fraction of sp³-hybridized carbons (Fsp3) is 0.538. The molecule has 35 heavy (non-hydrogen) atoms. The Balaban J connectivity index is 1.83. The molecule has 1 saturated carbocycles. The number of nitriles is 2. The van der Waals surface area contributed by atoms with Gasteiger partial charge >= 0.3 is 0 Å². The molecule has 2 N–H and O–H groups in total. The summed E-state index contributed by atoms with van der Waals surface area (Å²) in [6, 6.07) is 8.54. The van der Waals surface area contributed by atoms with Crippen molar-refractivity contribution < 1.29 is 4.43 Å². The van der Waals surface area contributed by atoms with Crippen LogP contribution in [0.5, 0.6) is 0 Å². The lowest BCUT2D eigenvalue weighted by molar-refractivity contribution is 0.275. The topological polar surface area (TPSA) is 107 Å². The Bertz CT molecular complexity index is 1150. The molecule has 1 heterocycles. The first-order chi connectivity index (χ1) is 16.4. The van der Waals surface area contributed by atoms with Crippen molar-refractivity contribution in [2.45, 2.75) is 84.2 Å². The average molecular weight is 556 g/mol. The van der Waals surface area contributed by atoms with Crippen molar-refractivity contribution in [2.75, 3.05) is 10.6 Å². The van der Waals surface area contributed by atoms with Gasteiger partial charge in [-0.15, -0.1) is 0 Å². The third-order valence-corrected chi connectivity index (χ3v) is 12.6. The number of aromatic nitrogens is 2. The van der Waals surface area contributed by atoms with Gasteiger partial charge in [0.25, 0.3) is 0 Å². The van der Waals surface area contributed by atoms with Crippen LogP contribution in [0, 0.1) is 35.5 Å². The van der Waals surface area contributed by atoms with Gasteiger partial charge < -0.3 is 15.1 Å². The summed E-state index contributed by atoms with van der Waals surface area (Å²) < 4.78 is 7.16. The number of nitrogens with one attached hydrogen (secondary N) is 2. The van der Waals surface area contributed by atoms with Gasteiger partial charge in [0.15, 0.2) is 8.32 Å². The van der Waals surface area contributed by atoms with E-state index < -0.39 is 8.32 Å². The Kier molecular flexibility index (Phi) is 8.58. The summed E-state index contributed by atoms with van der Waals surface area (Å²) in [4.78, 5) is 9.14. The molecule has 3 rings (SSSR count). The molecule has 0 radical (unpaired) electrons. The highest BCUT2D eigenvalue weighted by atomic mass is 79.9. The summed E-state index contributed by atoms with van der Waals surface area (Å²) in [6.45, 7) is 13.4. The maximum absolute atomic E-state index is 9.69. The van der Waals surface area contributed by atoms with Crippen LogP contribution in [0.2, 0.25) is 18.1 Å². The lowest BCUT2D eigenvalue weighted by Crippen LogP contribution is -2.40. The fourth-order valence-electron chi connectivity index (χ4n) is 3.83. The molecule has 0 amide bonds. The van der Waals surface area contributed by atoms with Crippen LogP contribution in [0.3, 0.4) is 0 Å². The second kappa shape index (κ2) is 11.1. The van der Waals surface area contributed by atoms with Gasteiger partial charge in [0.2, 0.25) is 5.95 Å². The minimum absolute atomic E-state index is 0.0114. The number of nitrogens with zero attached hydrogens (tertiary/aromatic N) is 4. The molecule has 0 aliphatic heterocycles. The van der Waals surface area contributed by atoms with E-state index in [1.54, 1.807) is 12.3 Å². The molecule has 0 spiro atoms. The monoisotopic (exact) mass is 554 g/mol. The number of hydrogen-bond acceptors (Lipinski definition) is 7. The molecule has 1 fully saturated rings. The van der Waals surface area contributed by atoms with Crippen molar-refractivity contribution in [1.29, 1.82) is 10.5 Å². The number of rotatable bonds is 7. The van der Waals surface area contributed by atoms with Gasteiger partial charge in [-0.25, -0.2) is 4.98 Å². The van der Waals surface area contributed by atoms with E-state index in [0.717, 1.165) is 52.8 Å². The van der Waals surface area contributed by atoms with Gasteiger partial charge in [0.1, 0.15) is 11.9 Å². The van der Waals surface area contributed by atoms with Crippen molar-refractivity contribution in [3.63, 3.8) is 0 Å². The normalized spacial score (nSPS) is 18.4. The highest BCUT2D eigenvalue weighted by Gasteiger charge is 2.37. The molecular formula is C26H35BrN6OSi. The SMILES string of the molecule is Cc1cnc(Nc2cc(C#N)c(Br)c(CO[Si](C)(C)C(C)(C)C)c2)nc1NC1CCCCC1C#N. The summed E-state index contributed by atoms with van der Waals surface area (Å²) in [5, 5.41) is 26.1. The van der Waals surface area contributed by atoms with Crippen LogP contribution >= 0.6 is 15.9 Å². The minimum atomic E-state index is -1.95. The number of aryl methyl sites for hydroxylation is 1. The maximum atomic E-state index is 9.69. The standard InChI is InChI=1S/C26H35BrN6OSi/c1-17-15-30-25(33-24(17)32-22-10-8-7-9-18(22)13-28)31-21-11-19(14-29)23(27)20(12-21)16-34-35(5,6)26(2,3)4/h11-12,15,18,22H,7-10,16H2,1-6H3,(H2,30,31,32,33). The highest BCUT2D eigenvalue weighted by molar-refractivity contribution is 9.10. The Labute approximate surface area is 218 Å². The van der Waals surface area contributed by atoms with E-state index in [9.17, 15) is 10.5 Å². The maximum Gasteiger partial charge on any atom is 0.229 e. The van der Waals surface area contributed by atoms with Gasteiger partial charge in [0.05, 0.1) is 24.2 Å². The predicted molar refractivity (Wildman–Crippen MR) is 146 cm³/mol. The van der Waals surface area contributed by atoms with Crippen LogP contribution in [0.25, 0.3) is 0 Å². The van der Waals surface area contributed by atoms with Crippen molar-refractivity contribution in [1.82, 2.24) is 9.97 Å². The van der Waals surface area contributed by atoms with Crippen molar-refractivity contribution >= 4 is 41.7 Å². The van der Waals surface area contributed by atoms with Gasteiger partial charge in [-0.2, -0.15) is 15.5 Å². The quantitative estimate of drug-likeness (QED) is 0.349. The van der Waals surface area contributed by atoms with Crippen LogP contribution < -0.4 is 10.6 Å². The van der Waals surface area contributed by atoms with E-state index in [-0.39, 0.29) is 17.0 Å². The predicted octanol–water partition coefficient (Wildman–Crippen LogP) is 7.18. The van der Waals surface area contributed by atoms with Gasteiger partial charge in [-0.05, 0) is 71.5 Å². The molecule has 1 aromatic heterocycles. The zero-order chi connectivity index (χ0) is 25.8. The van der Waals surface area contributed by atoms with E-state index >= 15 is 0 Å². The van der Waals surface area contributed by atoms with Crippen LogP contribution in [-0.4, -0.2) is 24.3 Å². The lowest BCUT2D eigenvalue weighted by atomic mass is 9.85. The molecule has 2 atom stereocenters. The molecule has 9 heteroatoms. The molecule has 2 aromatic rings. The number of hydrogen-bond donors (Lipinski definition) is 2. The molecule has 1 aromatic carbocycles. The number of anilines is 3. The molecule has 186 valence electrons. The van der Waals surface area contributed by atoms with Crippen molar-refractivity contribution in [2.24, 2.45) is 5.92 Å². The van der Waals surface area contributed by atoms with Crippen LogP contribution in [0.4, 0.5) is 17.5 Å². The first-order valence-corrected chi connectivity index (χ1v) is 15.8. The fourth-order valence-corrected chi connectivity index (χ4v) is 5.21. The van der Waals surface area contributed by atoms with E-state index in [4.69, 9.17) is 9.41 Å². The second-order valence-corrected chi connectivity index (χ2v) is 16.4. The highest BCUT2D eigenvalue weighted by Crippen LogP contribution is 2.38. The smallest absolute Gasteiger partial charge is 0.229 e. The number of benzene rings is 1. The zero-order valence-corrected chi connectivity index (χ0v) is 24.1. The van der Waals surface area contributed by atoms with E-state index in [1.807, 2.05) is 13.0 Å². The summed E-state index contributed by atoms with van der Waals surface area (Å²) >= 11 is 3.59. The molecule has 0 saturated heterocycles. The summed E-state index contributed by atoms with van der Waals surface area (Å²) in [5.74, 6) is 1.15. The third-order valence-electron chi connectivity index (χ3n) is 7.14. The van der Waals surface area contributed by atoms with E-state index in [1.165, 1.54) is 0 Å². The largest absolute Gasteiger partial charge is 0.413 e. The lowest BCUT2D eigenvalue weighted by Gasteiger charge is -2.36. The third kappa shape index (κ3) is 6.61. The minimum Gasteiger partial charge on any atom is -0.413 e. The molecule has 1 aliphatic carbocycles. The molecule has 2 unspecified atom stereocenters. The first-order valence-electron chi connectivity index (χ1n) is 12.1. The Hall–Kier alpha value is -2.46. The summed E-state index contributed by atoms with van der Waals surface area (Å²) in [7, 11) is -1.95. The van der Waals surface area contributed by atoms with Gasteiger partial charge in [-0.3, -0.25) is 0 Å². The van der Waals surface area contributed by atoms with Gasteiger partial charge in [-0.1, -0.05) is 33.6 Å². The Morgan fingerprint density at radius 2 is 1.91 bits per heavy atom. The van der Waals surface area contributed by atoms with Crippen molar-refractivity contribution in [3.8, 4) is 12.1 Å². The first kappa shape index (κ1) is 27.1. The second-order valence-electron chi connectivity index (χ2n) is 10.8. The molecule has 7 nitrogen and oxygen atoms in total.